The Hall–Kier alpha value is -3.06. The number of hydrogen-bond donors (Lipinski definition) is 0. The summed E-state index contributed by atoms with van der Waals surface area (Å²) >= 11 is 5.94. The van der Waals surface area contributed by atoms with Gasteiger partial charge in [0.1, 0.15) is 5.75 Å². The second kappa shape index (κ2) is 9.53. The number of sulfonamides is 1. The Balaban J connectivity index is 1.48. The van der Waals surface area contributed by atoms with Crippen molar-refractivity contribution in [1.82, 2.24) is 8.87 Å². The van der Waals surface area contributed by atoms with Crippen molar-refractivity contribution in [1.29, 1.82) is 0 Å². The van der Waals surface area contributed by atoms with Crippen LogP contribution in [0.5, 0.6) is 5.75 Å². The first-order valence-corrected chi connectivity index (χ1v) is 13.4. The highest BCUT2D eigenvalue weighted by atomic mass is 35.5. The van der Waals surface area contributed by atoms with E-state index in [1.165, 1.54) is 32.0 Å². The molecule has 0 saturated carbocycles. The lowest BCUT2D eigenvalue weighted by Crippen LogP contribution is -2.34. The summed E-state index contributed by atoms with van der Waals surface area (Å²) < 4.78 is 35.5. The smallest absolute Gasteiger partial charge is 0.243 e. The number of methoxy groups -OCH3 is 1. The average Bonchev–Trinajstić information content (AvgIpc) is 3.15. The van der Waals surface area contributed by atoms with Crippen LogP contribution in [0.1, 0.15) is 23.2 Å². The lowest BCUT2D eigenvalue weighted by molar-refractivity contribution is 0.414. The van der Waals surface area contributed by atoms with Gasteiger partial charge in [0.05, 0.1) is 12.0 Å². The van der Waals surface area contributed by atoms with E-state index in [2.05, 4.69) is 54.0 Å². The first-order chi connectivity index (χ1) is 16.9. The minimum atomic E-state index is -3.57. The van der Waals surface area contributed by atoms with E-state index in [1.807, 2.05) is 12.1 Å². The summed E-state index contributed by atoms with van der Waals surface area (Å²) in [7, 11) is -1.89. The second-order valence-corrected chi connectivity index (χ2v) is 11.1. The first-order valence-electron chi connectivity index (χ1n) is 11.5. The molecule has 0 fully saturated rings. The molecule has 1 aliphatic rings. The third-order valence-corrected chi connectivity index (χ3v) is 8.78. The third-order valence-electron chi connectivity index (χ3n) is 6.65. The van der Waals surface area contributed by atoms with Gasteiger partial charge >= 0.3 is 0 Å². The van der Waals surface area contributed by atoms with Crippen molar-refractivity contribution in [2.24, 2.45) is 0 Å². The van der Waals surface area contributed by atoms with Crippen molar-refractivity contribution in [3.8, 4) is 5.75 Å². The fourth-order valence-corrected chi connectivity index (χ4v) is 6.35. The Morgan fingerprint density at radius 3 is 2.49 bits per heavy atom. The van der Waals surface area contributed by atoms with Gasteiger partial charge in [-0.05, 0) is 66.9 Å². The van der Waals surface area contributed by atoms with E-state index in [0.717, 1.165) is 17.9 Å². The lowest BCUT2D eigenvalue weighted by atomic mass is 9.97. The van der Waals surface area contributed by atoms with Gasteiger partial charge < -0.3 is 9.30 Å². The fraction of sp³-hybridized carbons (Fsp3) is 0.214. The van der Waals surface area contributed by atoms with Crippen LogP contribution in [0.3, 0.4) is 0 Å². The molecule has 2 heterocycles. The minimum absolute atomic E-state index is 0.268. The van der Waals surface area contributed by atoms with E-state index in [4.69, 9.17) is 16.3 Å². The standard InChI is InChI=1S/C28H27ClN2O3S/c1-20-28(22-14-16-30(17-15-22)35(32,33)25-12-10-23(29)11-13-25)26-8-3-4-9-27(26)31(20)19-21-6-5-7-24(18-21)34-2/h3-14,18H,15-17,19H2,1-2H3. The largest absolute Gasteiger partial charge is 0.497 e. The second-order valence-electron chi connectivity index (χ2n) is 8.71. The van der Waals surface area contributed by atoms with Gasteiger partial charge in [-0.25, -0.2) is 8.42 Å². The summed E-state index contributed by atoms with van der Waals surface area (Å²) in [6, 6.07) is 22.9. The summed E-state index contributed by atoms with van der Waals surface area (Å²) in [6.07, 6.45) is 2.71. The number of nitrogens with zero attached hydrogens (tertiary/aromatic N) is 2. The summed E-state index contributed by atoms with van der Waals surface area (Å²) in [6.45, 7) is 3.65. The molecule has 1 aromatic heterocycles. The maximum absolute atomic E-state index is 13.1. The number of rotatable bonds is 6. The maximum atomic E-state index is 13.1. The molecular formula is C28H27ClN2O3S. The number of para-hydroxylation sites is 1. The van der Waals surface area contributed by atoms with Gasteiger partial charge in [0.25, 0.3) is 0 Å². The molecule has 35 heavy (non-hydrogen) atoms. The molecule has 5 rings (SSSR count). The highest BCUT2D eigenvalue weighted by molar-refractivity contribution is 7.89. The average molecular weight is 507 g/mol. The Kier molecular flexibility index (Phi) is 6.45. The SMILES string of the molecule is COc1cccc(Cn2c(C)c(C3=CCN(S(=O)(=O)c4ccc(Cl)cc4)CC3)c3ccccc32)c1. The fourth-order valence-electron chi connectivity index (χ4n) is 4.84. The Morgan fingerprint density at radius 2 is 1.77 bits per heavy atom. The zero-order valence-electron chi connectivity index (χ0n) is 19.7. The van der Waals surface area contributed by atoms with Crippen LogP contribution < -0.4 is 4.74 Å². The lowest BCUT2D eigenvalue weighted by Gasteiger charge is -2.26. The highest BCUT2D eigenvalue weighted by Crippen LogP contribution is 2.36. The predicted octanol–water partition coefficient (Wildman–Crippen LogP) is 6.14. The van der Waals surface area contributed by atoms with Crippen LogP contribution in [-0.4, -0.2) is 37.5 Å². The number of fused-ring (bicyclic) bond motifs is 1. The maximum Gasteiger partial charge on any atom is 0.243 e. The van der Waals surface area contributed by atoms with Crippen molar-refractivity contribution in [3.63, 3.8) is 0 Å². The van der Waals surface area contributed by atoms with E-state index in [9.17, 15) is 8.42 Å². The molecule has 7 heteroatoms. The third kappa shape index (κ3) is 4.49. The monoisotopic (exact) mass is 506 g/mol. The van der Waals surface area contributed by atoms with Gasteiger partial charge in [-0.15, -0.1) is 0 Å². The van der Waals surface area contributed by atoms with Crippen LogP contribution >= 0.6 is 11.6 Å². The molecule has 0 spiro atoms. The molecule has 1 aliphatic heterocycles. The molecule has 0 aliphatic carbocycles. The van der Waals surface area contributed by atoms with Crippen molar-refractivity contribution < 1.29 is 13.2 Å². The number of halogens is 1. The molecule has 0 radical (unpaired) electrons. The molecule has 180 valence electrons. The van der Waals surface area contributed by atoms with E-state index >= 15 is 0 Å². The summed E-state index contributed by atoms with van der Waals surface area (Å²) in [5.74, 6) is 0.841. The summed E-state index contributed by atoms with van der Waals surface area (Å²) in [4.78, 5) is 0.268. The van der Waals surface area contributed by atoms with Gasteiger partial charge in [-0.2, -0.15) is 4.31 Å². The van der Waals surface area contributed by atoms with Crippen LogP contribution in [-0.2, 0) is 16.6 Å². The molecule has 4 aromatic rings. The Labute approximate surface area is 211 Å². The van der Waals surface area contributed by atoms with E-state index in [-0.39, 0.29) is 4.90 Å². The van der Waals surface area contributed by atoms with Gasteiger partial charge in [-0.1, -0.05) is 48.0 Å². The molecule has 3 aromatic carbocycles. The van der Waals surface area contributed by atoms with Crippen LogP contribution in [0.2, 0.25) is 5.02 Å². The molecule has 0 bridgehead atoms. The van der Waals surface area contributed by atoms with Gasteiger partial charge in [0.15, 0.2) is 0 Å². The van der Waals surface area contributed by atoms with Crippen molar-refractivity contribution in [2.45, 2.75) is 24.8 Å². The summed E-state index contributed by atoms with van der Waals surface area (Å²) in [5, 5.41) is 1.71. The van der Waals surface area contributed by atoms with Gasteiger partial charge in [0, 0.05) is 46.8 Å². The Bertz CT molecular complexity index is 1520. The number of hydrogen-bond acceptors (Lipinski definition) is 3. The van der Waals surface area contributed by atoms with Crippen LogP contribution in [0.4, 0.5) is 0 Å². The normalized spacial score (nSPS) is 14.8. The number of benzene rings is 3. The van der Waals surface area contributed by atoms with Crippen molar-refractivity contribution >= 4 is 38.1 Å². The zero-order chi connectivity index (χ0) is 24.6. The van der Waals surface area contributed by atoms with E-state index in [0.29, 0.717) is 24.5 Å². The summed E-state index contributed by atoms with van der Waals surface area (Å²) in [5.41, 5.74) is 5.89. The van der Waals surface area contributed by atoms with Crippen LogP contribution in [0.15, 0.2) is 83.8 Å². The van der Waals surface area contributed by atoms with E-state index < -0.39 is 10.0 Å². The minimum Gasteiger partial charge on any atom is -0.497 e. The van der Waals surface area contributed by atoms with Crippen LogP contribution in [0.25, 0.3) is 16.5 Å². The molecule has 0 N–H and O–H groups in total. The molecule has 5 nitrogen and oxygen atoms in total. The Morgan fingerprint density at radius 1 is 1.00 bits per heavy atom. The molecule has 0 atom stereocenters. The van der Waals surface area contributed by atoms with Crippen molar-refractivity contribution in [3.05, 3.63) is 101 Å². The predicted molar refractivity (Wildman–Crippen MR) is 142 cm³/mol. The van der Waals surface area contributed by atoms with Gasteiger partial charge in [-0.3, -0.25) is 0 Å². The number of aromatic nitrogens is 1. The zero-order valence-corrected chi connectivity index (χ0v) is 21.3. The van der Waals surface area contributed by atoms with Gasteiger partial charge in [0.2, 0.25) is 10.0 Å². The molecule has 0 unspecified atom stereocenters. The van der Waals surface area contributed by atoms with Crippen LogP contribution in [0, 0.1) is 6.92 Å². The highest BCUT2D eigenvalue weighted by Gasteiger charge is 2.28. The topological polar surface area (TPSA) is 51.5 Å². The molecular weight excluding hydrogens is 480 g/mol. The number of ether oxygens (including phenoxy) is 1. The molecule has 0 saturated heterocycles. The quantitative estimate of drug-likeness (QED) is 0.315. The molecule has 0 amide bonds. The van der Waals surface area contributed by atoms with E-state index in [1.54, 1.807) is 31.4 Å². The first kappa shape index (κ1) is 23.7. The van der Waals surface area contributed by atoms with Crippen molar-refractivity contribution in [2.75, 3.05) is 20.2 Å².